The van der Waals surface area contributed by atoms with Crippen molar-refractivity contribution in [2.45, 2.75) is 11.0 Å². The molecule has 0 unspecified atom stereocenters. The van der Waals surface area contributed by atoms with E-state index in [1.807, 2.05) is 0 Å². The Labute approximate surface area is 108 Å². The van der Waals surface area contributed by atoms with Gasteiger partial charge in [-0.3, -0.25) is 4.79 Å². The topological polar surface area (TPSA) is 17.1 Å². The number of alkyl halides is 5. The van der Waals surface area contributed by atoms with Crippen LogP contribution >= 0.6 is 39.1 Å². The highest BCUT2D eigenvalue weighted by Crippen LogP contribution is 2.34. The lowest BCUT2D eigenvalue weighted by molar-refractivity contribution is -0.137. The molecule has 0 heterocycles. The number of hydrogen-bond donors (Lipinski definition) is 0. The summed E-state index contributed by atoms with van der Waals surface area (Å²) in [4.78, 5) is 9.83. The van der Waals surface area contributed by atoms with Crippen molar-refractivity contribution >= 4 is 44.9 Å². The van der Waals surface area contributed by atoms with Crippen LogP contribution in [-0.4, -0.2) is 10.6 Å². The standard InChI is InChI=1S/C9H4BrCl2F3O/c10-4-1-2-5(7(16)8(11)12)6(3-4)9(13,14)15/h1-3,8H. The second-order valence-electron chi connectivity index (χ2n) is 2.85. The summed E-state index contributed by atoms with van der Waals surface area (Å²) in [6, 6.07) is 3.16. The molecule has 0 aliphatic rings. The third-order valence-corrected chi connectivity index (χ3v) is 2.64. The number of carbonyl (C=O) groups excluding carboxylic acids is 1. The Balaban J connectivity index is 3.34. The van der Waals surface area contributed by atoms with Gasteiger partial charge in [0.2, 0.25) is 0 Å². The molecule has 0 saturated carbocycles. The number of halogens is 6. The van der Waals surface area contributed by atoms with Crippen LogP contribution in [0.2, 0.25) is 0 Å². The summed E-state index contributed by atoms with van der Waals surface area (Å²) in [6.45, 7) is 0. The highest BCUT2D eigenvalue weighted by Gasteiger charge is 2.36. The minimum Gasteiger partial charge on any atom is -0.291 e. The van der Waals surface area contributed by atoms with Crippen LogP contribution in [-0.2, 0) is 6.18 Å². The van der Waals surface area contributed by atoms with Crippen LogP contribution in [0.15, 0.2) is 22.7 Å². The minimum atomic E-state index is -4.63. The van der Waals surface area contributed by atoms with Crippen LogP contribution in [0.4, 0.5) is 13.2 Å². The van der Waals surface area contributed by atoms with Gasteiger partial charge in [0.05, 0.1) is 5.56 Å². The quantitative estimate of drug-likeness (QED) is 0.576. The molecule has 0 aliphatic heterocycles. The summed E-state index contributed by atoms with van der Waals surface area (Å²) in [5.74, 6) is -0.969. The van der Waals surface area contributed by atoms with Gasteiger partial charge in [-0.2, -0.15) is 13.2 Å². The summed E-state index contributed by atoms with van der Waals surface area (Å²) in [7, 11) is 0. The Morgan fingerprint density at radius 2 is 1.88 bits per heavy atom. The van der Waals surface area contributed by atoms with Crippen LogP contribution in [0.5, 0.6) is 0 Å². The predicted octanol–water partition coefficient (Wildman–Crippen LogP) is 4.45. The fourth-order valence-electron chi connectivity index (χ4n) is 1.08. The fourth-order valence-corrected chi connectivity index (χ4v) is 1.68. The number of rotatable bonds is 2. The van der Waals surface area contributed by atoms with Crippen LogP contribution in [0.25, 0.3) is 0 Å². The highest BCUT2D eigenvalue weighted by atomic mass is 79.9. The summed E-state index contributed by atoms with van der Waals surface area (Å²) in [6.07, 6.45) is -4.63. The van der Waals surface area contributed by atoms with E-state index < -0.39 is 27.9 Å². The van der Waals surface area contributed by atoms with E-state index in [4.69, 9.17) is 23.2 Å². The summed E-state index contributed by atoms with van der Waals surface area (Å²) in [5.41, 5.74) is -1.59. The zero-order valence-electron chi connectivity index (χ0n) is 7.49. The van der Waals surface area contributed by atoms with Crippen molar-refractivity contribution in [3.8, 4) is 0 Å². The molecule has 0 radical (unpaired) electrons. The van der Waals surface area contributed by atoms with Crippen LogP contribution < -0.4 is 0 Å². The molecule has 0 spiro atoms. The van der Waals surface area contributed by atoms with Crippen molar-refractivity contribution in [2.24, 2.45) is 0 Å². The summed E-state index contributed by atoms with van der Waals surface area (Å²) < 4.78 is 38.0. The van der Waals surface area contributed by atoms with Crippen molar-refractivity contribution in [2.75, 3.05) is 0 Å². The molecule has 0 saturated heterocycles. The third-order valence-electron chi connectivity index (χ3n) is 1.75. The molecule has 7 heteroatoms. The molecule has 0 amide bonds. The first-order valence-electron chi connectivity index (χ1n) is 3.92. The number of benzene rings is 1. The molecule has 16 heavy (non-hydrogen) atoms. The molecule has 0 aliphatic carbocycles. The zero-order valence-corrected chi connectivity index (χ0v) is 10.6. The van der Waals surface area contributed by atoms with Crippen LogP contribution in [0, 0.1) is 0 Å². The normalized spacial score (nSPS) is 11.9. The number of Topliss-reactive ketones (excluding diaryl/α,β-unsaturated/α-hetero) is 1. The van der Waals surface area contributed by atoms with E-state index in [-0.39, 0.29) is 4.47 Å². The largest absolute Gasteiger partial charge is 0.417 e. The average molecular weight is 336 g/mol. The molecule has 0 bridgehead atoms. The molecule has 88 valence electrons. The van der Waals surface area contributed by atoms with Gasteiger partial charge in [0, 0.05) is 10.0 Å². The van der Waals surface area contributed by atoms with Crippen molar-refractivity contribution in [1.29, 1.82) is 0 Å². The molecule has 0 N–H and O–H groups in total. The van der Waals surface area contributed by atoms with Crippen molar-refractivity contribution in [3.63, 3.8) is 0 Å². The first kappa shape index (κ1) is 13.8. The Morgan fingerprint density at radius 1 is 1.31 bits per heavy atom. The molecule has 0 aromatic heterocycles. The van der Waals surface area contributed by atoms with Gasteiger partial charge < -0.3 is 0 Å². The zero-order chi connectivity index (χ0) is 12.5. The third kappa shape index (κ3) is 3.12. The molecule has 1 aromatic carbocycles. The van der Waals surface area contributed by atoms with Gasteiger partial charge in [-0.05, 0) is 18.2 Å². The van der Waals surface area contributed by atoms with Crippen molar-refractivity contribution in [3.05, 3.63) is 33.8 Å². The maximum Gasteiger partial charge on any atom is 0.417 e. The van der Waals surface area contributed by atoms with E-state index >= 15 is 0 Å². The van der Waals surface area contributed by atoms with E-state index in [0.717, 1.165) is 12.1 Å². The van der Waals surface area contributed by atoms with Gasteiger partial charge in [-0.1, -0.05) is 39.1 Å². The smallest absolute Gasteiger partial charge is 0.291 e. The Bertz CT molecular complexity index is 418. The van der Waals surface area contributed by atoms with Gasteiger partial charge in [0.25, 0.3) is 0 Å². The molecule has 0 fully saturated rings. The SMILES string of the molecule is O=C(c1ccc(Br)cc1C(F)(F)F)C(Cl)Cl. The van der Waals surface area contributed by atoms with E-state index in [1.165, 1.54) is 6.07 Å². The molecule has 1 aromatic rings. The highest BCUT2D eigenvalue weighted by molar-refractivity contribution is 9.10. The molecule has 1 nitrogen and oxygen atoms in total. The van der Waals surface area contributed by atoms with Gasteiger partial charge in [-0.15, -0.1) is 0 Å². The maximum absolute atomic E-state index is 12.6. The van der Waals surface area contributed by atoms with E-state index in [1.54, 1.807) is 0 Å². The molecular weight excluding hydrogens is 332 g/mol. The lowest BCUT2D eigenvalue weighted by Crippen LogP contribution is -2.16. The van der Waals surface area contributed by atoms with Crippen LogP contribution in [0.3, 0.4) is 0 Å². The minimum absolute atomic E-state index is 0.220. The molecular formula is C9H4BrCl2F3O. The Kier molecular flexibility index (Phi) is 4.26. The molecule has 0 atom stereocenters. The second-order valence-corrected chi connectivity index (χ2v) is 4.86. The van der Waals surface area contributed by atoms with Gasteiger partial charge in [0.15, 0.2) is 10.6 Å². The second kappa shape index (κ2) is 4.94. The first-order valence-corrected chi connectivity index (χ1v) is 5.59. The van der Waals surface area contributed by atoms with Crippen molar-refractivity contribution in [1.82, 2.24) is 0 Å². The van der Waals surface area contributed by atoms with Gasteiger partial charge in [0.1, 0.15) is 0 Å². The van der Waals surface area contributed by atoms with E-state index in [9.17, 15) is 18.0 Å². The van der Waals surface area contributed by atoms with Gasteiger partial charge in [-0.25, -0.2) is 0 Å². The van der Waals surface area contributed by atoms with E-state index in [2.05, 4.69) is 15.9 Å². The number of ketones is 1. The van der Waals surface area contributed by atoms with Gasteiger partial charge >= 0.3 is 6.18 Å². The van der Waals surface area contributed by atoms with Crippen molar-refractivity contribution < 1.29 is 18.0 Å². The summed E-state index contributed by atoms with van der Waals surface area (Å²) >= 11 is 13.4. The molecule has 1 rings (SSSR count). The number of hydrogen-bond acceptors (Lipinski definition) is 1. The van der Waals surface area contributed by atoms with Crippen LogP contribution in [0.1, 0.15) is 15.9 Å². The Morgan fingerprint density at radius 3 is 2.31 bits per heavy atom. The lowest BCUT2D eigenvalue weighted by Gasteiger charge is -2.12. The first-order chi connectivity index (χ1) is 7.23. The fraction of sp³-hybridized carbons (Fsp3) is 0.222. The lowest BCUT2D eigenvalue weighted by atomic mass is 10.0. The predicted molar refractivity (Wildman–Crippen MR) is 59.0 cm³/mol. The van der Waals surface area contributed by atoms with E-state index in [0.29, 0.717) is 0 Å². The maximum atomic E-state index is 12.6. The Hall–Kier alpha value is -0.260. The number of carbonyl (C=O) groups is 1. The average Bonchev–Trinajstić information content (AvgIpc) is 2.15. The monoisotopic (exact) mass is 334 g/mol. The summed E-state index contributed by atoms with van der Waals surface area (Å²) in [5, 5.41) is 0.